The molecule has 88 valence electrons. The smallest absolute Gasteiger partial charge is 0.228 e. The molecular formula is C13H19NO2. The highest BCUT2D eigenvalue weighted by molar-refractivity contribution is 6.10. The van der Waals surface area contributed by atoms with Gasteiger partial charge in [-0.05, 0) is 43.9 Å². The molecule has 1 aliphatic heterocycles. The summed E-state index contributed by atoms with van der Waals surface area (Å²) < 4.78 is 0. The average Bonchev–Trinajstić information content (AvgIpc) is 2.80. The second-order valence-corrected chi connectivity index (χ2v) is 5.94. The maximum atomic E-state index is 11.9. The van der Waals surface area contributed by atoms with Gasteiger partial charge in [0.25, 0.3) is 0 Å². The minimum atomic E-state index is -0.453. The monoisotopic (exact) mass is 221 g/mol. The first-order chi connectivity index (χ1) is 7.64. The Bertz CT molecular complexity index is 332. The number of Topliss-reactive ketones (excluding diaryl/α,β-unsaturated/α-hetero) is 1. The molecule has 0 atom stereocenters. The molecular weight excluding hydrogens is 202 g/mol. The molecule has 0 bridgehead atoms. The predicted octanol–water partition coefficient (Wildman–Crippen LogP) is 1.95. The minimum Gasteiger partial charge on any atom is -0.343 e. The Morgan fingerprint density at radius 2 is 1.50 bits per heavy atom. The van der Waals surface area contributed by atoms with Crippen LogP contribution >= 0.6 is 0 Å². The van der Waals surface area contributed by atoms with E-state index in [-0.39, 0.29) is 18.1 Å². The number of nitrogens with one attached hydrogen (secondary N) is 1. The summed E-state index contributed by atoms with van der Waals surface area (Å²) in [7, 11) is 0. The third kappa shape index (κ3) is 1.40. The highest BCUT2D eigenvalue weighted by atomic mass is 16.2. The van der Waals surface area contributed by atoms with Crippen LogP contribution in [0.1, 0.15) is 57.8 Å². The first-order valence-electron chi connectivity index (χ1n) is 6.49. The molecule has 3 aliphatic rings. The summed E-state index contributed by atoms with van der Waals surface area (Å²) in [6.45, 7) is 0. The summed E-state index contributed by atoms with van der Waals surface area (Å²) in [6, 6.07) is 0. The van der Waals surface area contributed by atoms with E-state index in [1.54, 1.807) is 0 Å². The van der Waals surface area contributed by atoms with Crippen molar-refractivity contribution in [3.05, 3.63) is 0 Å². The maximum absolute atomic E-state index is 11.9. The average molecular weight is 221 g/mol. The summed E-state index contributed by atoms with van der Waals surface area (Å²) in [5.41, 5.74) is 0.0732. The van der Waals surface area contributed by atoms with Crippen LogP contribution in [0.3, 0.4) is 0 Å². The third-order valence-corrected chi connectivity index (χ3v) is 5.06. The number of rotatable bonds is 0. The van der Waals surface area contributed by atoms with Gasteiger partial charge in [-0.2, -0.15) is 0 Å². The van der Waals surface area contributed by atoms with Crippen molar-refractivity contribution in [2.75, 3.05) is 0 Å². The normalized spacial score (nSPS) is 31.2. The molecule has 1 N–H and O–H groups in total. The van der Waals surface area contributed by atoms with E-state index < -0.39 is 5.54 Å². The molecule has 0 aromatic heterocycles. The summed E-state index contributed by atoms with van der Waals surface area (Å²) in [4.78, 5) is 23.2. The van der Waals surface area contributed by atoms with E-state index in [4.69, 9.17) is 0 Å². The lowest BCUT2D eigenvalue weighted by Crippen LogP contribution is -2.50. The standard InChI is InChI=1S/C13H19NO2/c15-10-9-11(16)14-13(10)7-5-12(6-8-13)3-1-2-4-12/h1-9H2,(H,14,16). The SMILES string of the molecule is O=C1CC(=O)C2(CCC3(CCCC3)CC2)N1. The van der Waals surface area contributed by atoms with Crippen LogP contribution in [0.25, 0.3) is 0 Å². The number of hydrogen-bond donors (Lipinski definition) is 1. The Morgan fingerprint density at radius 3 is 2.00 bits per heavy atom. The lowest BCUT2D eigenvalue weighted by Gasteiger charge is -2.42. The van der Waals surface area contributed by atoms with Gasteiger partial charge in [-0.3, -0.25) is 9.59 Å². The number of amides is 1. The van der Waals surface area contributed by atoms with Crippen LogP contribution in [0.4, 0.5) is 0 Å². The molecule has 2 spiro atoms. The highest BCUT2D eigenvalue weighted by Gasteiger charge is 2.51. The van der Waals surface area contributed by atoms with Crippen LogP contribution < -0.4 is 5.32 Å². The maximum Gasteiger partial charge on any atom is 0.228 e. The lowest BCUT2D eigenvalue weighted by molar-refractivity contribution is -0.124. The zero-order chi connectivity index (χ0) is 11.2. The molecule has 0 aromatic rings. The summed E-state index contributed by atoms with van der Waals surface area (Å²) in [6.07, 6.45) is 9.55. The van der Waals surface area contributed by atoms with Gasteiger partial charge in [0.05, 0.1) is 12.0 Å². The van der Waals surface area contributed by atoms with Crippen LogP contribution in [-0.2, 0) is 9.59 Å². The second kappa shape index (κ2) is 3.31. The van der Waals surface area contributed by atoms with Crippen molar-refractivity contribution in [2.24, 2.45) is 5.41 Å². The summed E-state index contributed by atoms with van der Waals surface area (Å²) in [5, 5.41) is 2.94. The Hall–Kier alpha value is -0.860. The Balaban J connectivity index is 1.74. The van der Waals surface area contributed by atoms with Crippen molar-refractivity contribution in [1.29, 1.82) is 0 Å². The Labute approximate surface area is 96.0 Å². The van der Waals surface area contributed by atoms with Crippen molar-refractivity contribution >= 4 is 11.7 Å². The summed E-state index contributed by atoms with van der Waals surface area (Å²) >= 11 is 0. The van der Waals surface area contributed by atoms with Crippen molar-refractivity contribution in [3.8, 4) is 0 Å². The van der Waals surface area contributed by atoms with Gasteiger partial charge >= 0.3 is 0 Å². The van der Waals surface area contributed by atoms with Gasteiger partial charge in [-0.15, -0.1) is 0 Å². The van der Waals surface area contributed by atoms with Gasteiger partial charge in [-0.1, -0.05) is 12.8 Å². The van der Waals surface area contributed by atoms with E-state index in [0.29, 0.717) is 5.41 Å². The number of ketones is 1. The van der Waals surface area contributed by atoms with Crippen molar-refractivity contribution in [1.82, 2.24) is 5.32 Å². The van der Waals surface area contributed by atoms with Gasteiger partial charge in [-0.25, -0.2) is 0 Å². The fourth-order valence-corrected chi connectivity index (χ4v) is 3.93. The molecule has 16 heavy (non-hydrogen) atoms. The fraction of sp³-hybridized carbons (Fsp3) is 0.846. The molecule has 0 aromatic carbocycles. The molecule has 0 radical (unpaired) electrons. The molecule has 3 fully saturated rings. The lowest BCUT2D eigenvalue weighted by atomic mass is 9.66. The van der Waals surface area contributed by atoms with Gasteiger partial charge < -0.3 is 5.32 Å². The van der Waals surface area contributed by atoms with Gasteiger partial charge in [0.15, 0.2) is 5.78 Å². The molecule has 3 heteroatoms. The largest absolute Gasteiger partial charge is 0.343 e. The van der Waals surface area contributed by atoms with Crippen LogP contribution in [0.15, 0.2) is 0 Å². The van der Waals surface area contributed by atoms with Gasteiger partial charge in [0, 0.05) is 0 Å². The van der Waals surface area contributed by atoms with Crippen molar-refractivity contribution in [2.45, 2.75) is 63.3 Å². The van der Waals surface area contributed by atoms with Gasteiger partial charge in [0.2, 0.25) is 5.91 Å². The van der Waals surface area contributed by atoms with Crippen LogP contribution in [0.2, 0.25) is 0 Å². The highest BCUT2D eigenvalue weighted by Crippen LogP contribution is 2.52. The summed E-state index contributed by atoms with van der Waals surface area (Å²) in [5.74, 6) is 0.0812. The van der Waals surface area contributed by atoms with Gasteiger partial charge in [0.1, 0.15) is 0 Å². The molecule has 2 saturated carbocycles. The zero-order valence-electron chi connectivity index (χ0n) is 9.68. The fourth-order valence-electron chi connectivity index (χ4n) is 3.93. The quantitative estimate of drug-likeness (QED) is 0.635. The number of hydrogen-bond acceptors (Lipinski definition) is 2. The zero-order valence-corrected chi connectivity index (χ0v) is 9.68. The van der Waals surface area contributed by atoms with E-state index in [1.165, 1.54) is 25.7 Å². The van der Waals surface area contributed by atoms with E-state index in [9.17, 15) is 9.59 Å². The van der Waals surface area contributed by atoms with E-state index in [0.717, 1.165) is 25.7 Å². The molecule has 2 aliphatic carbocycles. The number of carbonyl (C=O) groups excluding carboxylic acids is 2. The molecule has 3 nitrogen and oxygen atoms in total. The molecule has 1 saturated heterocycles. The first kappa shape index (κ1) is 10.3. The topological polar surface area (TPSA) is 46.2 Å². The Morgan fingerprint density at radius 1 is 0.875 bits per heavy atom. The predicted molar refractivity (Wildman–Crippen MR) is 59.9 cm³/mol. The van der Waals surface area contributed by atoms with Crippen LogP contribution in [0, 0.1) is 5.41 Å². The number of carbonyl (C=O) groups is 2. The molecule has 1 amide bonds. The van der Waals surface area contributed by atoms with Crippen LogP contribution in [0.5, 0.6) is 0 Å². The third-order valence-electron chi connectivity index (χ3n) is 5.06. The molecule has 3 rings (SSSR count). The first-order valence-corrected chi connectivity index (χ1v) is 6.49. The molecule has 1 heterocycles. The minimum absolute atomic E-state index is 0.0626. The van der Waals surface area contributed by atoms with Crippen molar-refractivity contribution in [3.63, 3.8) is 0 Å². The van der Waals surface area contributed by atoms with E-state index >= 15 is 0 Å². The van der Waals surface area contributed by atoms with E-state index in [1.807, 2.05) is 0 Å². The Kier molecular flexibility index (Phi) is 2.13. The second-order valence-electron chi connectivity index (χ2n) is 5.94. The molecule has 0 unspecified atom stereocenters. The van der Waals surface area contributed by atoms with E-state index in [2.05, 4.69) is 5.32 Å². The van der Waals surface area contributed by atoms with Crippen LogP contribution in [-0.4, -0.2) is 17.2 Å². The van der Waals surface area contributed by atoms with Crippen molar-refractivity contribution < 1.29 is 9.59 Å².